The number of aromatic nitrogens is 1. The van der Waals surface area contributed by atoms with Crippen molar-refractivity contribution in [1.29, 1.82) is 0 Å². The Morgan fingerprint density at radius 1 is 1.23 bits per heavy atom. The third-order valence-corrected chi connectivity index (χ3v) is 1.99. The number of hydrogen-bond donors (Lipinski definition) is 1. The molecule has 0 spiro atoms. The molecule has 0 saturated carbocycles. The molecule has 0 bridgehead atoms. The van der Waals surface area contributed by atoms with Crippen molar-refractivity contribution in [3.8, 4) is 11.5 Å². The number of fused-ring (bicyclic) bond motifs is 1. The van der Waals surface area contributed by atoms with Crippen molar-refractivity contribution in [2.45, 2.75) is 0 Å². The lowest BCUT2D eigenvalue weighted by atomic mass is 10.2. The van der Waals surface area contributed by atoms with Crippen LogP contribution >= 0.6 is 0 Å². The maximum absolute atomic E-state index is 5.20. The monoisotopic (exact) mass is 176 g/mol. The third-order valence-electron chi connectivity index (χ3n) is 1.99. The van der Waals surface area contributed by atoms with Gasteiger partial charge in [-0.3, -0.25) is 0 Å². The third kappa shape index (κ3) is 1.22. The Kier molecular flexibility index (Phi) is 1.85. The maximum Gasteiger partial charge on any atom is 0.146 e. The maximum atomic E-state index is 5.20. The van der Waals surface area contributed by atoms with E-state index >= 15 is 0 Å². The van der Waals surface area contributed by atoms with Gasteiger partial charge in [0.05, 0.1) is 25.9 Å². The largest absolute Gasteiger partial charge is 0.497 e. The highest BCUT2D eigenvalue weighted by Crippen LogP contribution is 2.29. The number of methoxy groups -OCH3 is 2. The lowest BCUT2D eigenvalue weighted by Gasteiger charge is -2.04. The molecule has 0 atom stereocenters. The molecule has 0 saturated heterocycles. The average Bonchev–Trinajstić information content (AvgIpc) is 2.63. The summed E-state index contributed by atoms with van der Waals surface area (Å²) in [7, 11) is 3.27. The van der Waals surface area contributed by atoms with Crippen LogP contribution in [0.25, 0.3) is 10.9 Å². The molecule has 1 aromatic heterocycles. The fraction of sp³-hybridized carbons (Fsp3) is 0.200. The topological polar surface area (TPSA) is 34.2 Å². The van der Waals surface area contributed by atoms with E-state index in [4.69, 9.17) is 9.47 Å². The molecule has 13 heavy (non-hydrogen) atoms. The molecule has 3 nitrogen and oxygen atoms in total. The van der Waals surface area contributed by atoms with Crippen LogP contribution in [0.4, 0.5) is 0 Å². The summed E-state index contributed by atoms with van der Waals surface area (Å²) < 4.78 is 10.3. The number of benzene rings is 1. The summed E-state index contributed by atoms with van der Waals surface area (Å²) in [6.45, 7) is 0. The van der Waals surface area contributed by atoms with Gasteiger partial charge in [0.2, 0.25) is 0 Å². The quantitative estimate of drug-likeness (QED) is 0.759. The van der Waals surface area contributed by atoms with Gasteiger partial charge in [-0.2, -0.15) is 0 Å². The summed E-state index contributed by atoms with van der Waals surface area (Å²) in [5, 5.41) is 1.04. The molecule has 0 aliphatic carbocycles. The van der Waals surface area contributed by atoms with E-state index in [0.717, 1.165) is 22.4 Å². The van der Waals surface area contributed by atoms with E-state index in [0.29, 0.717) is 0 Å². The standard InChI is InChI=1S/C10H10NO2/c1-12-8-5-7-3-4-11-10(7)9(6-8)13-2/h3,5-6,11H,1-2H3. The fourth-order valence-electron chi connectivity index (χ4n) is 1.32. The Bertz CT molecular complexity index is 420. The molecule has 1 heterocycles. The first-order valence-electron chi connectivity index (χ1n) is 3.96. The smallest absolute Gasteiger partial charge is 0.146 e. The predicted molar refractivity (Wildman–Crippen MR) is 50.2 cm³/mol. The molecule has 1 radical (unpaired) electrons. The van der Waals surface area contributed by atoms with E-state index in [1.807, 2.05) is 18.2 Å². The first kappa shape index (κ1) is 7.98. The molecule has 0 aliphatic heterocycles. The van der Waals surface area contributed by atoms with Gasteiger partial charge in [-0.05, 0) is 12.1 Å². The Morgan fingerprint density at radius 3 is 2.77 bits per heavy atom. The molecule has 0 aliphatic rings. The lowest BCUT2D eigenvalue weighted by molar-refractivity contribution is 0.397. The van der Waals surface area contributed by atoms with Crippen molar-refractivity contribution >= 4 is 10.9 Å². The first-order valence-corrected chi connectivity index (χ1v) is 3.96. The van der Waals surface area contributed by atoms with Gasteiger partial charge in [0.15, 0.2) is 0 Å². The minimum absolute atomic E-state index is 0.774. The number of H-pyrrole nitrogens is 1. The van der Waals surface area contributed by atoms with Gasteiger partial charge in [-0.15, -0.1) is 0 Å². The van der Waals surface area contributed by atoms with Gasteiger partial charge in [0, 0.05) is 11.5 Å². The van der Waals surface area contributed by atoms with Gasteiger partial charge in [0.25, 0.3) is 0 Å². The molecule has 67 valence electrons. The van der Waals surface area contributed by atoms with Crippen molar-refractivity contribution in [2.24, 2.45) is 0 Å². The minimum Gasteiger partial charge on any atom is -0.497 e. The molecule has 0 amide bonds. The Balaban J connectivity index is 2.70. The number of ether oxygens (including phenoxy) is 2. The van der Waals surface area contributed by atoms with Gasteiger partial charge < -0.3 is 14.5 Å². The summed E-state index contributed by atoms with van der Waals surface area (Å²) >= 11 is 0. The molecule has 3 heteroatoms. The number of aromatic amines is 1. The minimum atomic E-state index is 0.774. The Morgan fingerprint density at radius 2 is 2.08 bits per heavy atom. The van der Waals surface area contributed by atoms with E-state index in [-0.39, 0.29) is 0 Å². The van der Waals surface area contributed by atoms with E-state index in [2.05, 4.69) is 11.2 Å². The van der Waals surface area contributed by atoms with Crippen LogP contribution in [0.15, 0.2) is 18.2 Å². The molecular formula is C10H10NO2. The highest BCUT2D eigenvalue weighted by atomic mass is 16.5. The van der Waals surface area contributed by atoms with Crippen molar-refractivity contribution in [3.63, 3.8) is 0 Å². The lowest BCUT2D eigenvalue weighted by Crippen LogP contribution is -1.87. The SMILES string of the molecule is COc1cc(OC)c2[nH][c]cc2c1. The second-order valence-corrected chi connectivity index (χ2v) is 2.71. The Labute approximate surface area is 76.3 Å². The molecule has 1 aromatic carbocycles. The van der Waals surface area contributed by atoms with Gasteiger partial charge >= 0.3 is 0 Å². The van der Waals surface area contributed by atoms with Crippen LogP contribution < -0.4 is 9.47 Å². The van der Waals surface area contributed by atoms with Crippen LogP contribution in [-0.4, -0.2) is 19.2 Å². The van der Waals surface area contributed by atoms with E-state index < -0.39 is 0 Å². The Hall–Kier alpha value is -1.64. The van der Waals surface area contributed by atoms with Crippen LogP contribution in [-0.2, 0) is 0 Å². The normalized spacial score (nSPS) is 10.3. The van der Waals surface area contributed by atoms with Crippen LogP contribution in [0.3, 0.4) is 0 Å². The van der Waals surface area contributed by atoms with Crippen LogP contribution in [0, 0.1) is 6.20 Å². The zero-order chi connectivity index (χ0) is 9.26. The summed E-state index contributed by atoms with van der Waals surface area (Å²) in [5.41, 5.74) is 0.948. The molecule has 0 unspecified atom stereocenters. The summed E-state index contributed by atoms with van der Waals surface area (Å²) in [5.74, 6) is 1.56. The molecule has 1 N–H and O–H groups in total. The molecule has 2 rings (SSSR count). The number of hydrogen-bond acceptors (Lipinski definition) is 2. The zero-order valence-electron chi connectivity index (χ0n) is 7.55. The summed E-state index contributed by atoms with van der Waals surface area (Å²) in [4.78, 5) is 2.98. The first-order chi connectivity index (χ1) is 6.35. The highest BCUT2D eigenvalue weighted by molar-refractivity contribution is 5.86. The summed E-state index contributed by atoms with van der Waals surface area (Å²) in [6.07, 6.45) is 2.90. The van der Waals surface area contributed by atoms with Gasteiger partial charge in [-0.25, -0.2) is 0 Å². The second kappa shape index (κ2) is 3.01. The zero-order valence-corrected chi connectivity index (χ0v) is 7.55. The average molecular weight is 176 g/mol. The van der Waals surface area contributed by atoms with Crippen LogP contribution in [0.1, 0.15) is 0 Å². The molecule has 0 fully saturated rings. The van der Waals surface area contributed by atoms with Crippen molar-refractivity contribution in [2.75, 3.05) is 14.2 Å². The summed E-state index contributed by atoms with van der Waals surface area (Å²) in [6, 6.07) is 5.64. The number of rotatable bonds is 2. The highest BCUT2D eigenvalue weighted by Gasteiger charge is 2.04. The van der Waals surface area contributed by atoms with E-state index in [1.54, 1.807) is 14.2 Å². The molecular weight excluding hydrogens is 166 g/mol. The van der Waals surface area contributed by atoms with E-state index in [1.165, 1.54) is 0 Å². The predicted octanol–water partition coefficient (Wildman–Crippen LogP) is 1.99. The van der Waals surface area contributed by atoms with Crippen molar-refractivity contribution < 1.29 is 9.47 Å². The van der Waals surface area contributed by atoms with E-state index in [9.17, 15) is 0 Å². The van der Waals surface area contributed by atoms with Gasteiger partial charge in [-0.1, -0.05) is 0 Å². The van der Waals surface area contributed by atoms with Crippen molar-refractivity contribution in [3.05, 3.63) is 24.4 Å². The van der Waals surface area contributed by atoms with Gasteiger partial charge in [0.1, 0.15) is 11.5 Å². The number of nitrogens with one attached hydrogen (secondary N) is 1. The fourth-order valence-corrected chi connectivity index (χ4v) is 1.32. The van der Waals surface area contributed by atoms with Crippen LogP contribution in [0.2, 0.25) is 0 Å². The van der Waals surface area contributed by atoms with Crippen molar-refractivity contribution in [1.82, 2.24) is 4.98 Å². The molecule has 2 aromatic rings. The van der Waals surface area contributed by atoms with Crippen LogP contribution in [0.5, 0.6) is 11.5 Å². The second-order valence-electron chi connectivity index (χ2n) is 2.71.